The fraction of sp³-hybridized carbons (Fsp3) is 0. The van der Waals surface area contributed by atoms with Gasteiger partial charge in [-0.25, -0.2) is 12.8 Å². The normalized spacial score (nSPS) is 11.1. The van der Waals surface area contributed by atoms with E-state index in [0.29, 0.717) is 6.07 Å². The molecule has 0 aromatic heterocycles. The predicted molar refractivity (Wildman–Crippen MR) is 74.7 cm³/mol. The molecule has 2 aromatic carbocycles. The van der Waals surface area contributed by atoms with Crippen LogP contribution in [0.2, 0.25) is 0 Å². The molecule has 0 aliphatic heterocycles. The third-order valence-electron chi connectivity index (χ3n) is 2.61. The summed E-state index contributed by atoms with van der Waals surface area (Å²) in [7, 11) is -4.27. The van der Waals surface area contributed by atoms with Gasteiger partial charge in [0, 0.05) is 0 Å². The quantitative estimate of drug-likeness (QED) is 0.510. The lowest BCUT2D eigenvalue weighted by atomic mass is 10.3. The van der Waals surface area contributed by atoms with Crippen molar-refractivity contribution in [3.63, 3.8) is 0 Å². The summed E-state index contributed by atoms with van der Waals surface area (Å²) >= 11 is 0. The van der Waals surface area contributed by atoms with Crippen LogP contribution in [0.5, 0.6) is 0 Å². The number of nitro groups is 1. The van der Waals surface area contributed by atoms with Crippen LogP contribution < -0.4 is 10.5 Å². The lowest BCUT2D eigenvalue weighted by Crippen LogP contribution is -2.15. The van der Waals surface area contributed by atoms with Crippen molar-refractivity contribution in [3.8, 4) is 0 Å². The number of nitrogens with zero attached hydrogens (tertiary/aromatic N) is 1. The largest absolute Gasteiger partial charge is 0.397 e. The number of sulfonamides is 1. The lowest BCUT2D eigenvalue weighted by Gasteiger charge is -2.10. The SMILES string of the molecule is Nc1ccccc1NS(=O)(=O)c1ccc(F)cc1[N+](=O)[O-]. The van der Waals surface area contributed by atoms with Crippen molar-refractivity contribution in [3.05, 3.63) is 58.4 Å². The van der Waals surface area contributed by atoms with E-state index in [0.717, 1.165) is 12.1 Å². The van der Waals surface area contributed by atoms with Crippen molar-refractivity contribution < 1.29 is 17.7 Å². The van der Waals surface area contributed by atoms with Crippen molar-refractivity contribution in [2.24, 2.45) is 0 Å². The van der Waals surface area contributed by atoms with Gasteiger partial charge < -0.3 is 5.73 Å². The maximum Gasteiger partial charge on any atom is 0.292 e. The zero-order chi connectivity index (χ0) is 15.6. The van der Waals surface area contributed by atoms with Gasteiger partial charge in [0.2, 0.25) is 0 Å². The molecule has 0 fully saturated rings. The molecular weight excluding hydrogens is 301 g/mol. The molecule has 21 heavy (non-hydrogen) atoms. The minimum absolute atomic E-state index is 0.0797. The molecule has 0 saturated heterocycles. The van der Waals surface area contributed by atoms with Gasteiger partial charge in [0.25, 0.3) is 15.7 Å². The molecule has 0 saturated carbocycles. The standard InChI is InChI=1S/C12H10FN3O4S/c13-8-5-6-12(11(7-8)16(17)18)21(19,20)15-10-4-2-1-3-9(10)14/h1-7,15H,14H2. The number of anilines is 2. The Hall–Kier alpha value is -2.68. The molecule has 2 aromatic rings. The number of nitrogen functional groups attached to an aromatic ring is 1. The molecule has 3 N–H and O–H groups in total. The minimum atomic E-state index is -4.27. The van der Waals surface area contributed by atoms with Crippen LogP contribution in [-0.2, 0) is 10.0 Å². The highest BCUT2D eigenvalue weighted by atomic mass is 32.2. The van der Waals surface area contributed by atoms with Crippen molar-refractivity contribution in [1.29, 1.82) is 0 Å². The Balaban J connectivity index is 2.50. The molecule has 2 rings (SSSR count). The number of benzene rings is 2. The first-order valence-corrected chi connectivity index (χ1v) is 7.11. The van der Waals surface area contributed by atoms with Crippen molar-refractivity contribution in [2.75, 3.05) is 10.5 Å². The summed E-state index contributed by atoms with van der Waals surface area (Å²) in [6.45, 7) is 0. The molecule has 110 valence electrons. The Morgan fingerprint density at radius 3 is 2.48 bits per heavy atom. The third kappa shape index (κ3) is 3.08. The van der Waals surface area contributed by atoms with E-state index in [1.165, 1.54) is 12.1 Å². The average Bonchev–Trinajstić information content (AvgIpc) is 2.40. The number of nitrogens with one attached hydrogen (secondary N) is 1. The fourth-order valence-electron chi connectivity index (χ4n) is 1.65. The van der Waals surface area contributed by atoms with E-state index in [2.05, 4.69) is 4.72 Å². The Morgan fingerprint density at radius 2 is 1.86 bits per heavy atom. The Morgan fingerprint density at radius 1 is 1.19 bits per heavy atom. The summed E-state index contributed by atoms with van der Waals surface area (Å²) in [5, 5.41) is 10.9. The molecule has 0 spiro atoms. The van der Waals surface area contributed by atoms with E-state index in [9.17, 15) is 22.9 Å². The summed E-state index contributed by atoms with van der Waals surface area (Å²) in [5.74, 6) is -0.903. The fourth-order valence-corrected chi connectivity index (χ4v) is 2.89. The smallest absolute Gasteiger partial charge is 0.292 e. The Labute approximate surface area is 119 Å². The number of hydrogen-bond acceptors (Lipinski definition) is 5. The van der Waals surface area contributed by atoms with Crippen LogP contribution in [0.4, 0.5) is 21.5 Å². The summed E-state index contributed by atoms with van der Waals surface area (Å²) in [6, 6.07) is 8.23. The summed E-state index contributed by atoms with van der Waals surface area (Å²) < 4.78 is 39.6. The number of halogens is 1. The first-order valence-electron chi connectivity index (χ1n) is 5.62. The summed E-state index contributed by atoms with van der Waals surface area (Å²) in [5.41, 5.74) is 4.99. The Bertz CT molecular complexity index is 808. The van der Waals surface area contributed by atoms with Gasteiger partial charge in [-0.15, -0.1) is 0 Å². The van der Waals surface area contributed by atoms with E-state index >= 15 is 0 Å². The third-order valence-corrected chi connectivity index (χ3v) is 4.03. The van der Waals surface area contributed by atoms with Gasteiger partial charge in [-0.3, -0.25) is 14.8 Å². The first-order chi connectivity index (χ1) is 9.81. The molecule has 7 nitrogen and oxygen atoms in total. The van der Waals surface area contributed by atoms with E-state index in [1.807, 2.05) is 0 Å². The van der Waals surface area contributed by atoms with Crippen LogP contribution in [-0.4, -0.2) is 13.3 Å². The highest BCUT2D eigenvalue weighted by Gasteiger charge is 2.26. The number of nitro benzene ring substituents is 1. The van der Waals surface area contributed by atoms with E-state index in [1.54, 1.807) is 12.1 Å². The number of rotatable bonds is 4. The lowest BCUT2D eigenvalue weighted by molar-refractivity contribution is -0.388. The highest BCUT2D eigenvalue weighted by Crippen LogP contribution is 2.28. The van der Waals surface area contributed by atoms with E-state index in [-0.39, 0.29) is 11.4 Å². The minimum Gasteiger partial charge on any atom is -0.397 e. The molecule has 0 radical (unpaired) electrons. The molecule has 0 heterocycles. The van der Waals surface area contributed by atoms with Crippen molar-refractivity contribution in [2.45, 2.75) is 4.90 Å². The molecule has 0 atom stereocenters. The van der Waals surface area contributed by atoms with Gasteiger partial charge >= 0.3 is 0 Å². The second kappa shape index (κ2) is 5.37. The molecule has 0 unspecified atom stereocenters. The van der Waals surface area contributed by atoms with Crippen LogP contribution in [0.25, 0.3) is 0 Å². The second-order valence-electron chi connectivity index (χ2n) is 4.06. The maximum atomic E-state index is 13.0. The summed E-state index contributed by atoms with van der Waals surface area (Å²) in [6.07, 6.45) is 0. The highest BCUT2D eigenvalue weighted by molar-refractivity contribution is 7.92. The first kappa shape index (κ1) is 14.7. The number of nitrogens with two attached hydrogens (primary N) is 1. The molecule has 9 heteroatoms. The second-order valence-corrected chi connectivity index (χ2v) is 5.71. The molecule has 0 aliphatic carbocycles. The van der Waals surface area contributed by atoms with E-state index < -0.39 is 31.3 Å². The zero-order valence-corrected chi connectivity index (χ0v) is 11.3. The monoisotopic (exact) mass is 311 g/mol. The van der Waals surface area contributed by atoms with Gasteiger partial charge in [-0.05, 0) is 24.3 Å². The molecular formula is C12H10FN3O4S. The molecule has 0 amide bonds. The van der Waals surface area contributed by atoms with Crippen LogP contribution in [0, 0.1) is 15.9 Å². The van der Waals surface area contributed by atoms with Gasteiger partial charge in [0.1, 0.15) is 5.82 Å². The van der Waals surface area contributed by atoms with Crippen molar-refractivity contribution >= 4 is 27.1 Å². The van der Waals surface area contributed by atoms with Gasteiger partial charge in [0.05, 0.1) is 22.4 Å². The average molecular weight is 311 g/mol. The molecule has 0 bridgehead atoms. The zero-order valence-electron chi connectivity index (χ0n) is 10.5. The molecule has 0 aliphatic rings. The van der Waals surface area contributed by atoms with Crippen LogP contribution >= 0.6 is 0 Å². The van der Waals surface area contributed by atoms with Gasteiger partial charge in [-0.1, -0.05) is 12.1 Å². The van der Waals surface area contributed by atoms with Gasteiger partial charge in [0.15, 0.2) is 4.90 Å². The predicted octanol–water partition coefficient (Wildman–Crippen LogP) is 2.12. The van der Waals surface area contributed by atoms with Crippen LogP contribution in [0.3, 0.4) is 0 Å². The number of para-hydroxylation sites is 2. The van der Waals surface area contributed by atoms with Crippen molar-refractivity contribution in [1.82, 2.24) is 0 Å². The number of hydrogen-bond donors (Lipinski definition) is 2. The maximum absolute atomic E-state index is 13.0. The topological polar surface area (TPSA) is 115 Å². The van der Waals surface area contributed by atoms with Crippen LogP contribution in [0.15, 0.2) is 47.4 Å². The Kier molecular flexibility index (Phi) is 3.76. The van der Waals surface area contributed by atoms with Gasteiger partial charge in [-0.2, -0.15) is 0 Å². The summed E-state index contributed by atoms with van der Waals surface area (Å²) in [4.78, 5) is 9.25. The van der Waals surface area contributed by atoms with Crippen LogP contribution in [0.1, 0.15) is 0 Å². The van der Waals surface area contributed by atoms with E-state index in [4.69, 9.17) is 5.73 Å².